The molecule has 134 valence electrons. The van der Waals surface area contributed by atoms with E-state index in [2.05, 4.69) is 34.4 Å². The van der Waals surface area contributed by atoms with Crippen LogP contribution in [-0.4, -0.2) is 49.4 Å². The summed E-state index contributed by atoms with van der Waals surface area (Å²) in [5, 5.41) is 15.0. The minimum absolute atomic E-state index is 0.0792. The number of nitrogens with one attached hydrogen (secondary N) is 1. The van der Waals surface area contributed by atoms with Gasteiger partial charge in [-0.3, -0.25) is 9.89 Å². The minimum atomic E-state index is 0.0792. The van der Waals surface area contributed by atoms with E-state index in [-0.39, 0.29) is 18.2 Å². The molecule has 8 nitrogen and oxygen atoms in total. The quantitative estimate of drug-likeness (QED) is 0.888. The smallest absolute Gasteiger partial charge is 0.228 e. The molecule has 25 heavy (non-hydrogen) atoms. The lowest BCUT2D eigenvalue weighted by molar-refractivity contribution is -0.129. The highest BCUT2D eigenvalue weighted by Crippen LogP contribution is 2.47. The summed E-state index contributed by atoms with van der Waals surface area (Å²) in [6.45, 7) is 7.46. The zero-order valence-corrected chi connectivity index (χ0v) is 14.9. The Hall–Kier alpha value is -2.25. The Balaban J connectivity index is 1.50. The summed E-state index contributed by atoms with van der Waals surface area (Å²) in [6.07, 6.45) is 2.74. The predicted octanol–water partition coefficient (Wildman–Crippen LogP) is 1.81. The number of rotatable bonds is 5. The van der Waals surface area contributed by atoms with Crippen LogP contribution in [0.1, 0.15) is 61.6 Å². The van der Waals surface area contributed by atoms with Gasteiger partial charge in [0.1, 0.15) is 17.2 Å². The molecule has 2 atom stereocenters. The van der Waals surface area contributed by atoms with Crippen molar-refractivity contribution in [3.8, 4) is 0 Å². The maximum absolute atomic E-state index is 12.7. The van der Waals surface area contributed by atoms with Crippen molar-refractivity contribution in [1.82, 2.24) is 30.4 Å². The minimum Gasteiger partial charge on any atom is -0.341 e. The number of hydrogen-bond donors (Lipinski definition) is 1. The molecule has 2 aromatic heterocycles. The molecule has 1 saturated heterocycles. The first kappa shape index (κ1) is 16.2. The third-order valence-electron chi connectivity index (χ3n) is 5.40. The van der Waals surface area contributed by atoms with E-state index in [1.165, 1.54) is 12.8 Å². The van der Waals surface area contributed by atoms with Crippen LogP contribution in [0.4, 0.5) is 0 Å². The first-order valence-corrected chi connectivity index (χ1v) is 9.01. The molecule has 4 rings (SSSR count). The normalized spacial score (nSPS) is 23.6. The highest BCUT2D eigenvalue weighted by Gasteiger charge is 2.45. The number of aromatic amines is 1. The van der Waals surface area contributed by atoms with Crippen LogP contribution in [0, 0.1) is 18.8 Å². The lowest BCUT2D eigenvalue weighted by Gasteiger charge is -2.15. The molecular formula is C17H24N6O2. The lowest BCUT2D eigenvalue weighted by atomic mass is 9.91. The molecule has 2 aliphatic rings. The van der Waals surface area contributed by atoms with Gasteiger partial charge in [0.15, 0.2) is 5.82 Å². The van der Waals surface area contributed by atoms with Crippen LogP contribution in [0.3, 0.4) is 0 Å². The van der Waals surface area contributed by atoms with Crippen molar-refractivity contribution in [2.75, 3.05) is 13.1 Å². The summed E-state index contributed by atoms with van der Waals surface area (Å²) >= 11 is 0. The van der Waals surface area contributed by atoms with Gasteiger partial charge < -0.3 is 4.90 Å². The van der Waals surface area contributed by atoms with Gasteiger partial charge >= 0.3 is 0 Å². The Morgan fingerprint density at radius 3 is 2.72 bits per heavy atom. The Labute approximate surface area is 146 Å². The summed E-state index contributed by atoms with van der Waals surface area (Å²) < 4.78 is 4.70. The summed E-state index contributed by atoms with van der Waals surface area (Å²) in [7, 11) is 0. The molecule has 0 aromatic carbocycles. The van der Waals surface area contributed by atoms with E-state index in [0.29, 0.717) is 35.7 Å². The van der Waals surface area contributed by atoms with E-state index >= 15 is 0 Å². The number of nitrogens with zero attached hydrogens (tertiary/aromatic N) is 5. The number of amides is 1. The highest BCUT2D eigenvalue weighted by atomic mass is 16.6. The van der Waals surface area contributed by atoms with Crippen molar-refractivity contribution in [3.63, 3.8) is 0 Å². The van der Waals surface area contributed by atoms with Crippen molar-refractivity contribution in [1.29, 1.82) is 0 Å². The molecule has 1 aliphatic heterocycles. The van der Waals surface area contributed by atoms with Crippen LogP contribution in [0.5, 0.6) is 0 Å². The molecular weight excluding hydrogens is 320 g/mol. The van der Waals surface area contributed by atoms with Crippen LogP contribution < -0.4 is 0 Å². The maximum atomic E-state index is 12.7. The summed E-state index contributed by atoms with van der Waals surface area (Å²) in [5.74, 6) is 3.56. The molecule has 0 radical (unpaired) electrons. The van der Waals surface area contributed by atoms with Gasteiger partial charge in [0.2, 0.25) is 5.91 Å². The second kappa shape index (κ2) is 6.24. The van der Waals surface area contributed by atoms with Gasteiger partial charge in [0.05, 0.1) is 6.42 Å². The van der Waals surface area contributed by atoms with Crippen LogP contribution >= 0.6 is 0 Å². The van der Waals surface area contributed by atoms with Gasteiger partial charge in [0, 0.05) is 24.9 Å². The average molecular weight is 344 g/mol. The van der Waals surface area contributed by atoms with Crippen molar-refractivity contribution >= 4 is 5.91 Å². The molecule has 0 unspecified atom stereocenters. The molecule has 1 amide bonds. The molecule has 2 fully saturated rings. The number of carbonyl (C=O) groups is 1. The predicted molar refractivity (Wildman–Crippen MR) is 88.7 cm³/mol. The molecule has 2 aromatic rings. The topological polar surface area (TPSA) is 101 Å². The number of hydrogen-bond acceptors (Lipinski definition) is 6. The molecule has 1 N–H and O–H groups in total. The molecule has 8 heteroatoms. The van der Waals surface area contributed by atoms with E-state index in [4.69, 9.17) is 9.61 Å². The molecule has 1 saturated carbocycles. The number of carbonyl (C=O) groups excluding carboxylic acids is 1. The molecule has 0 bridgehead atoms. The van der Waals surface area contributed by atoms with Gasteiger partial charge in [-0.15, -0.1) is 0 Å². The summed E-state index contributed by atoms with van der Waals surface area (Å²) in [5.41, 5.74) is 1.30. The van der Waals surface area contributed by atoms with Crippen LogP contribution in [-0.2, 0) is 11.2 Å². The van der Waals surface area contributed by atoms with E-state index < -0.39 is 0 Å². The second-order valence-electron chi connectivity index (χ2n) is 7.61. The van der Waals surface area contributed by atoms with Crippen molar-refractivity contribution in [2.45, 2.75) is 51.9 Å². The Kier molecular flexibility index (Phi) is 4.05. The van der Waals surface area contributed by atoms with E-state index in [1.807, 2.05) is 4.90 Å². The standard InChI is InChI=1S/C17H24N6O2/c1-9(2)16-18-17(20-19-16)13-8-23(7-12(13)11-4-5-11)15(24)6-14-10(3)21-25-22-14/h9,11-13H,4-8H2,1-3H3,(H,18,19,20)/t12-,13+/m0/s1. The van der Waals surface area contributed by atoms with Gasteiger partial charge in [-0.05, 0) is 31.6 Å². The van der Waals surface area contributed by atoms with Crippen molar-refractivity contribution in [3.05, 3.63) is 23.0 Å². The maximum Gasteiger partial charge on any atom is 0.228 e. The third-order valence-corrected chi connectivity index (χ3v) is 5.40. The lowest BCUT2D eigenvalue weighted by Crippen LogP contribution is -2.30. The van der Waals surface area contributed by atoms with Gasteiger partial charge in [-0.1, -0.05) is 24.2 Å². The summed E-state index contributed by atoms with van der Waals surface area (Å²) in [6, 6.07) is 0. The van der Waals surface area contributed by atoms with E-state index in [0.717, 1.165) is 18.2 Å². The Morgan fingerprint density at radius 1 is 1.32 bits per heavy atom. The summed E-state index contributed by atoms with van der Waals surface area (Å²) in [4.78, 5) is 19.4. The van der Waals surface area contributed by atoms with Gasteiger partial charge in [0.25, 0.3) is 0 Å². The van der Waals surface area contributed by atoms with E-state index in [9.17, 15) is 4.79 Å². The fourth-order valence-corrected chi connectivity index (χ4v) is 3.70. The van der Waals surface area contributed by atoms with Gasteiger partial charge in [-0.2, -0.15) is 5.10 Å². The number of aryl methyl sites for hydroxylation is 1. The number of aromatic nitrogens is 5. The zero-order chi connectivity index (χ0) is 17.6. The zero-order valence-electron chi connectivity index (χ0n) is 14.9. The fraction of sp³-hybridized carbons (Fsp3) is 0.706. The van der Waals surface area contributed by atoms with Crippen molar-refractivity contribution in [2.24, 2.45) is 11.8 Å². The van der Waals surface area contributed by atoms with Crippen molar-refractivity contribution < 1.29 is 9.42 Å². The third kappa shape index (κ3) is 3.17. The number of H-pyrrole nitrogens is 1. The van der Waals surface area contributed by atoms with Gasteiger partial charge in [-0.25, -0.2) is 9.61 Å². The largest absolute Gasteiger partial charge is 0.341 e. The fourth-order valence-electron chi connectivity index (χ4n) is 3.70. The second-order valence-corrected chi connectivity index (χ2v) is 7.61. The van der Waals surface area contributed by atoms with Crippen LogP contribution in [0.15, 0.2) is 4.63 Å². The van der Waals surface area contributed by atoms with E-state index in [1.54, 1.807) is 6.92 Å². The average Bonchev–Trinajstić information content (AvgIpc) is 3.00. The Morgan fingerprint density at radius 2 is 2.12 bits per heavy atom. The monoisotopic (exact) mass is 344 g/mol. The molecule has 3 heterocycles. The highest BCUT2D eigenvalue weighted by molar-refractivity contribution is 5.79. The molecule has 1 aliphatic carbocycles. The molecule has 0 spiro atoms. The first-order valence-electron chi connectivity index (χ1n) is 9.01. The van der Waals surface area contributed by atoms with Crippen LogP contribution in [0.25, 0.3) is 0 Å². The number of likely N-dealkylation sites (tertiary alicyclic amines) is 1. The first-order chi connectivity index (χ1) is 12.0. The Bertz CT molecular complexity index is 763. The SMILES string of the molecule is Cc1nonc1CC(=O)N1C[C@@H](c2nc(C(C)C)n[nH]2)[C@H](C2CC2)C1. The van der Waals surface area contributed by atoms with Crippen LogP contribution in [0.2, 0.25) is 0 Å².